The molecule has 4 heteroatoms. The number of nitrogens with zero attached hydrogens (tertiary/aromatic N) is 2. The monoisotopic (exact) mass is 297 g/mol. The molecule has 0 aromatic heterocycles. The molecule has 2 atom stereocenters. The van der Waals surface area contributed by atoms with Crippen molar-refractivity contribution in [3.05, 3.63) is 34.9 Å². The van der Waals surface area contributed by atoms with E-state index in [1.807, 2.05) is 4.90 Å². The molecule has 1 aliphatic carbocycles. The Morgan fingerprint density at radius 3 is 2.77 bits per heavy atom. The third kappa shape index (κ3) is 2.81. The van der Waals surface area contributed by atoms with Crippen LogP contribution in [0.15, 0.2) is 18.2 Å². The van der Waals surface area contributed by atoms with E-state index in [0.29, 0.717) is 19.0 Å². The number of hydrogen-bond acceptors (Lipinski definition) is 2. The first-order valence-corrected chi connectivity index (χ1v) is 8.13. The van der Waals surface area contributed by atoms with Crippen LogP contribution in [0.25, 0.3) is 0 Å². The summed E-state index contributed by atoms with van der Waals surface area (Å²) in [6.07, 6.45) is 2.61. The van der Waals surface area contributed by atoms with E-state index in [2.05, 4.69) is 43.4 Å². The van der Waals surface area contributed by atoms with E-state index in [4.69, 9.17) is 5.26 Å². The summed E-state index contributed by atoms with van der Waals surface area (Å²) in [5, 5.41) is 12.2. The first-order chi connectivity index (χ1) is 10.6. The van der Waals surface area contributed by atoms with Crippen LogP contribution in [0.5, 0.6) is 0 Å². The van der Waals surface area contributed by atoms with Crippen molar-refractivity contribution >= 4 is 6.03 Å². The van der Waals surface area contributed by atoms with Gasteiger partial charge in [0.05, 0.1) is 12.1 Å². The molecule has 0 radical (unpaired) electrons. The molecule has 2 amide bonds. The highest BCUT2D eigenvalue weighted by Gasteiger charge is 2.32. The van der Waals surface area contributed by atoms with Gasteiger partial charge < -0.3 is 10.2 Å². The maximum Gasteiger partial charge on any atom is 0.317 e. The highest BCUT2D eigenvalue weighted by Crippen LogP contribution is 2.36. The minimum absolute atomic E-state index is 0.0163. The topological polar surface area (TPSA) is 56.1 Å². The van der Waals surface area contributed by atoms with Gasteiger partial charge >= 0.3 is 6.03 Å². The second kappa shape index (κ2) is 6.00. The van der Waals surface area contributed by atoms with Crippen molar-refractivity contribution in [2.24, 2.45) is 11.8 Å². The second-order valence-electron chi connectivity index (χ2n) is 6.70. The van der Waals surface area contributed by atoms with Gasteiger partial charge in [0.2, 0.25) is 0 Å². The number of nitrogens with one attached hydrogen (secondary N) is 1. The number of piperidine rings is 1. The Kier molecular flexibility index (Phi) is 4.06. The quantitative estimate of drug-likeness (QED) is 0.865. The number of fused-ring (bicyclic) bond motifs is 1. The zero-order valence-electron chi connectivity index (χ0n) is 13.3. The molecule has 0 saturated carbocycles. The number of carbonyl (C=O) groups excluding carboxylic acids is 1. The fourth-order valence-electron chi connectivity index (χ4n) is 3.62. The normalized spacial score (nSPS) is 24.7. The predicted molar refractivity (Wildman–Crippen MR) is 85.2 cm³/mol. The molecular weight excluding hydrogens is 274 g/mol. The zero-order valence-corrected chi connectivity index (χ0v) is 13.3. The standard InChI is InChI=1S/C18H23N3O/c1-12-3-4-15-10-13(2)17(16(15)9-12)20-18(22)21-7-5-14(11-19)6-8-21/h3-4,9,13-14,17H,5-8,10H2,1-2H3,(H,20,22). The van der Waals surface area contributed by atoms with Crippen LogP contribution in [0.1, 0.15) is 42.5 Å². The fourth-order valence-corrected chi connectivity index (χ4v) is 3.62. The number of nitriles is 1. The van der Waals surface area contributed by atoms with Crippen LogP contribution >= 0.6 is 0 Å². The lowest BCUT2D eigenvalue weighted by atomic mass is 9.98. The molecule has 3 rings (SSSR count). The second-order valence-corrected chi connectivity index (χ2v) is 6.70. The van der Waals surface area contributed by atoms with Crippen LogP contribution < -0.4 is 5.32 Å². The van der Waals surface area contributed by atoms with E-state index in [-0.39, 0.29) is 18.0 Å². The van der Waals surface area contributed by atoms with E-state index in [1.54, 1.807) is 0 Å². The first kappa shape index (κ1) is 14.9. The molecule has 2 unspecified atom stereocenters. The number of benzene rings is 1. The third-order valence-corrected chi connectivity index (χ3v) is 4.99. The highest BCUT2D eigenvalue weighted by molar-refractivity contribution is 5.75. The van der Waals surface area contributed by atoms with Crippen molar-refractivity contribution in [1.82, 2.24) is 10.2 Å². The maximum absolute atomic E-state index is 12.5. The molecule has 1 saturated heterocycles. The van der Waals surface area contributed by atoms with Crippen molar-refractivity contribution in [3.8, 4) is 6.07 Å². The van der Waals surface area contributed by atoms with Crippen LogP contribution in [0, 0.1) is 30.1 Å². The Morgan fingerprint density at radius 1 is 1.36 bits per heavy atom. The molecule has 2 aliphatic rings. The van der Waals surface area contributed by atoms with Gasteiger partial charge in [-0.1, -0.05) is 30.7 Å². The molecule has 1 aliphatic heterocycles. The summed E-state index contributed by atoms with van der Waals surface area (Å²) >= 11 is 0. The predicted octanol–water partition coefficient (Wildman–Crippen LogP) is 3.17. The molecule has 1 fully saturated rings. The Hall–Kier alpha value is -2.02. The number of amides is 2. The number of carbonyl (C=O) groups is 1. The lowest BCUT2D eigenvalue weighted by Crippen LogP contribution is -2.46. The van der Waals surface area contributed by atoms with Gasteiger partial charge in [0.25, 0.3) is 0 Å². The minimum Gasteiger partial charge on any atom is -0.331 e. The van der Waals surface area contributed by atoms with Gasteiger partial charge in [-0.2, -0.15) is 5.26 Å². The van der Waals surface area contributed by atoms with E-state index in [9.17, 15) is 4.79 Å². The highest BCUT2D eigenvalue weighted by atomic mass is 16.2. The Morgan fingerprint density at radius 2 is 2.09 bits per heavy atom. The van der Waals surface area contributed by atoms with Gasteiger partial charge in [-0.05, 0) is 43.2 Å². The van der Waals surface area contributed by atoms with E-state index in [1.165, 1.54) is 16.7 Å². The lowest BCUT2D eigenvalue weighted by Gasteiger charge is -2.31. The molecule has 1 N–H and O–H groups in total. The largest absolute Gasteiger partial charge is 0.331 e. The summed E-state index contributed by atoms with van der Waals surface area (Å²) in [7, 11) is 0. The average molecular weight is 297 g/mol. The fraction of sp³-hybridized carbons (Fsp3) is 0.556. The van der Waals surface area contributed by atoms with Crippen LogP contribution in [-0.2, 0) is 6.42 Å². The van der Waals surface area contributed by atoms with E-state index in [0.717, 1.165) is 19.3 Å². The van der Waals surface area contributed by atoms with E-state index >= 15 is 0 Å². The van der Waals surface area contributed by atoms with Crippen molar-refractivity contribution < 1.29 is 4.79 Å². The average Bonchev–Trinajstić information content (AvgIpc) is 2.83. The summed E-state index contributed by atoms with van der Waals surface area (Å²) in [6, 6.07) is 8.96. The number of hydrogen-bond donors (Lipinski definition) is 1. The molecule has 1 heterocycles. The number of urea groups is 1. The molecular formula is C18H23N3O. The van der Waals surface area contributed by atoms with Crippen molar-refractivity contribution in [2.75, 3.05) is 13.1 Å². The molecule has 22 heavy (non-hydrogen) atoms. The first-order valence-electron chi connectivity index (χ1n) is 8.13. The zero-order chi connectivity index (χ0) is 15.7. The van der Waals surface area contributed by atoms with Gasteiger partial charge in [0.15, 0.2) is 0 Å². The Balaban J connectivity index is 1.68. The van der Waals surface area contributed by atoms with Gasteiger partial charge in [-0.3, -0.25) is 0 Å². The number of aryl methyl sites for hydroxylation is 1. The van der Waals surface area contributed by atoms with Crippen LogP contribution in [-0.4, -0.2) is 24.0 Å². The molecule has 4 nitrogen and oxygen atoms in total. The summed E-state index contributed by atoms with van der Waals surface area (Å²) in [6.45, 7) is 5.66. The summed E-state index contributed by atoms with van der Waals surface area (Å²) in [5.41, 5.74) is 3.86. The molecule has 116 valence electrons. The maximum atomic E-state index is 12.5. The van der Waals surface area contributed by atoms with E-state index < -0.39 is 0 Å². The van der Waals surface area contributed by atoms with Gasteiger partial charge in [-0.25, -0.2) is 4.79 Å². The summed E-state index contributed by atoms with van der Waals surface area (Å²) in [4.78, 5) is 14.4. The Bertz CT molecular complexity index is 611. The van der Waals surface area contributed by atoms with Crippen LogP contribution in [0.3, 0.4) is 0 Å². The van der Waals surface area contributed by atoms with Gasteiger partial charge in [0.1, 0.15) is 0 Å². The van der Waals surface area contributed by atoms with Crippen LogP contribution in [0.4, 0.5) is 4.79 Å². The van der Waals surface area contributed by atoms with Gasteiger partial charge in [-0.15, -0.1) is 0 Å². The van der Waals surface area contributed by atoms with Crippen molar-refractivity contribution in [2.45, 2.75) is 39.2 Å². The van der Waals surface area contributed by atoms with Gasteiger partial charge in [0, 0.05) is 19.0 Å². The molecule has 1 aromatic carbocycles. The smallest absolute Gasteiger partial charge is 0.317 e. The van der Waals surface area contributed by atoms with Crippen LogP contribution in [0.2, 0.25) is 0 Å². The number of rotatable bonds is 1. The van der Waals surface area contributed by atoms with Crippen molar-refractivity contribution in [1.29, 1.82) is 5.26 Å². The minimum atomic E-state index is 0.0163. The molecule has 0 bridgehead atoms. The molecule has 0 spiro atoms. The summed E-state index contributed by atoms with van der Waals surface area (Å²) in [5.74, 6) is 0.537. The summed E-state index contributed by atoms with van der Waals surface area (Å²) < 4.78 is 0. The SMILES string of the molecule is Cc1ccc2c(c1)C(NC(=O)N1CCC(C#N)CC1)C(C)C2. The molecule has 1 aromatic rings. The number of likely N-dealkylation sites (tertiary alicyclic amines) is 1. The third-order valence-electron chi connectivity index (χ3n) is 4.99. The lowest BCUT2D eigenvalue weighted by molar-refractivity contribution is 0.172. The van der Waals surface area contributed by atoms with Crippen molar-refractivity contribution in [3.63, 3.8) is 0 Å². The Labute approximate surface area is 132 Å².